The minimum Gasteiger partial charge on any atom is -0.380 e. The summed E-state index contributed by atoms with van der Waals surface area (Å²) >= 11 is 0. The second-order valence-electron chi connectivity index (χ2n) is 4.83. The van der Waals surface area contributed by atoms with Crippen molar-refractivity contribution in [3.63, 3.8) is 0 Å². The van der Waals surface area contributed by atoms with Crippen molar-refractivity contribution >= 4 is 6.03 Å². The van der Waals surface area contributed by atoms with Crippen molar-refractivity contribution in [2.24, 2.45) is 5.92 Å². The maximum Gasteiger partial charge on any atom is 0.317 e. The van der Waals surface area contributed by atoms with Gasteiger partial charge in [-0.1, -0.05) is 0 Å². The molecule has 0 aromatic carbocycles. The van der Waals surface area contributed by atoms with Crippen LogP contribution in [0.15, 0.2) is 0 Å². The number of ether oxygens (including phenoxy) is 1. The normalized spacial score (nSPS) is 25.1. The fraction of sp³-hybridized carbons (Fsp3) is 0.917. The molecule has 2 heterocycles. The molecule has 2 aliphatic heterocycles. The van der Waals surface area contributed by atoms with Gasteiger partial charge in [0.05, 0.1) is 6.61 Å². The zero-order valence-electron chi connectivity index (χ0n) is 10.4. The number of urea groups is 1. The first-order valence-corrected chi connectivity index (χ1v) is 6.67. The van der Waals surface area contributed by atoms with Crippen LogP contribution in [0.25, 0.3) is 0 Å². The van der Waals surface area contributed by atoms with Gasteiger partial charge in [-0.2, -0.15) is 0 Å². The van der Waals surface area contributed by atoms with Crippen molar-refractivity contribution in [2.75, 3.05) is 45.9 Å². The predicted octanol–water partition coefficient (Wildman–Crippen LogP) is 0.418. The van der Waals surface area contributed by atoms with Gasteiger partial charge in [-0.25, -0.2) is 4.79 Å². The number of piperidine rings is 1. The lowest BCUT2D eigenvalue weighted by Gasteiger charge is -2.22. The number of hydrogen-bond donors (Lipinski definition) is 2. The highest BCUT2D eigenvalue weighted by molar-refractivity contribution is 5.76. The average molecular weight is 241 g/mol. The highest BCUT2D eigenvalue weighted by Gasteiger charge is 2.18. The molecule has 2 aliphatic rings. The zero-order valence-corrected chi connectivity index (χ0v) is 10.4. The van der Waals surface area contributed by atoms with Crippen LogP contribution in [-0.2, 0) is 4.74 Å². The zero-order chi connectivity index (χ0) is 11.9. The second kappa shape index (κ2) is 6.81. The number of hydrogen-bond acceptors (Lipinski definition) is 3. The summed E-state index contributed by atoms with van der Waals surface area (Å²) in [6, 6.07) is 0.0464. The van der Waals surface area contributed by atoms with E-state index in [-0.39, 0.29) is 6.03 Å². The Morgan fingerprint density at radius 3 is 3.00 bits per heavy atom. The number of rotatable bonds is 6. The first kappa shape index (κ1) is 12.6. The van der Waals surface area contributed by atoms with Gasteiger partial charge in [0.15, 0.2) is 0 Å². The molecule has 5 heteroatoms. The smallest absolute Gasteiger partial charge is 0.317 e. The molecule has 1 atom stereocenters. The molecule has 2 saturated heterocycles. The largest absolute Gasteiger partial charge is 0.380 e. The molecule has 1 unspecified atom stereocenters. The maximum atomic E-state index is 11.2. The summed E-state index contributed by atoms with van der Waals surface area (Å²) in [7, 11) is 0. The van der Waals surface area contributed by atoms with E-state index in [0.717, 1.165) is 45.1 Å². The lowest BCUT2D eigenvalue weighted by Crippen LogP contribution is -2.32. The molecule has 2 N–H and O–H groups in total. The molecule has 0 aromatic heterocycles. The van der Waals surface area contributed by atoms with Crippen LogP contribution in [0.1, 0.15) is 19.3 Å². The third-order valence-electron chi connectivity index (χ3n) is 3.52. The third-order valence-corrected chi connectivity index (χ3v) is 3.52. The quantitative estimate of drug-likeness (QED) is 0.663. The number of carbonyl (C=O) groups excluding carboxylic acids is 1. The molecule has 0 radical (unpaired) electrons. The van der Waals surface area contributed by atoms with Gasteiger partial charge >= 0.3 is 6.03 Å². The SMILES string of the molecule is O=C1NCCN1CCOCCC1CCCNC1. The number of amides is 2. The van der Waals surface area contributed by atoms with E-state index in [2.05, 4.69) is 10.6 Å². The van der Waals surface area contributed by atoms with E-state index in [1.54, 1.807) is 0 Å². The third kappa shape index (κ3) is 4.16. The van der Waals surface area contributed by atoms with E-state index >= 15 is 0 Å². The molecule has 2 amide bonds. The predicted molar refractivity (Wildman–Crippen MR) is 66.0 cm³/mol. The molecule has 98 valence electrons. The van der Waals surface area contributed by atoms with Gasteiger partial charge in [0.25, 0.3) is 0 Å². The fourth-order valence-electron chi connectivity index (χ4n) is 2.42. The minimum absolute atomic E-state index is 0.0464. The summed E-state index contributed by atoms with van der Waals surface area (Å²) in [5.41, 5.74) is 0. The lowest BCUT2D eigenvalue weighted by atomic mass is 9.97. The molecule has 5 nitrogen and oxygen atoms in total. The van der Waals surface area contributed by atoms with Crippen LogP contribution >= 0.6 is 0 Å². The molecule has 0 bridgehead atoms. The van der Waals surface area contributed by atoms with Crippen molar-refractivity contribution < 1.29 is 9.53 Å². The minimum atomic E-state index is 0.0464. The Morgan fingerprint density at radius 1 is 1.35 bits per heavy atom. The van der Waals surface area contributed by atoms with E-state index in [4.69, 9.17) is 4.74 Å². The van der Waals surface area contributed by atoms with Crippen LogP contribution in [-0.4, -0.2) is 56.9 Å². The number of nitrogens with one attached hydrogen (secondary N) is 2. The number of carbonyl (C=O) groups is 1. The van der Waals surface area contributed by atoms with E-state index in [1.807, 2.05) is 4.90 Å². The van der Waals surface area contributed by atoms with Crippen LogP contribution in [0.5, 0.6) is 0 Å². The first-order chi connectivity index (χ1) is 8.36. The summed E-state index contributed by atoms with van der Waals surface area (Å²) in [5.74, 6) is 0.777. The number of nitrogens with zero attached hydrogens (tertiary/aromatic N) is 1. The molecule has 0 aromatic rings. The molecular weight excluding hydrogens is 218 g/mol. The second-order valence-corrected chi connectivity index (χ2v) is 4.83. The molecule has 2 fully saturated rings. The van der Waals surface area contributed by atoms with Crippen molar-refractivity contribution in [3.8, 4) is 0 Å². The van der Waals surface area contributed by atoms with Gasteiger partial charge < -0.3 is 20.3 Å². The van der Waals surface area contributed by atoms with Gasteiger partial charge in [0.2, 0.25) is 0 Å². The molecule has 2 rings (SSSR count). The van der Waals surface area contributed by atoms with E-state index in [9.17, 15) is 4.79 Å². The summed E-state index contributed by atoms with van der Waals surface area (Å²) in [6.45, 7) is 6.09. The summed E-state index contributed by atoms with van der Waals surface area (Å²) in [6.07, 6.45) is 3.75. The Kier molecular flexibility index (Phi) is 5.07. The van der Waals surface area contributed by atoms with Crippen LogP contribution in [0.4, 0.5) is 4.79 Å². The Hall–Kier alpha value is -0.810. The van der Waals surface area contributed by atoms with Crippen LogP contribution < -0.4 is 10.6 Å². The molecule has 0 saturated carbocycles. The van der Waals surface area contributed by atoms with Crippen LogP contribution in [0.3, 0.4) is 0 Å². The fourth-order valence-corrected chi connectivity index (χ4v) is 2.42. The summed E-state index contributed by atoms with van der Waals surface area (Å²) in [5, 5.41) is 6.19. The van der Waals surface area contributed by atoms with Gasteiger partial charge in [0.1, 0.15) is 0 Å². The van der Waals surface area contributed by atoms with Crippen LogP contribution in [0, 0.1) is 5.92 Å². The standard InChI is InChI=1S/C12H23N3O2/c16-12-14-5-6-15(12)7-9-17-8-3-11-2-1-4-13-10-11/h11,13H,1-10H2,(H,14,16). The highest BCUT2D eigenvalue weighted by Crippen LogP contribution is 2.13. The Morgan fingerprint density at radius 2 is 2.29 bits per heavy atom. The highest BCUT2D eigenvalue weighted by atomic mass is 16.5. The van der Waals surface area contributed by atoms with Crippen molar-refractivity contribution in [3.05, 3.63) is 0 Å². The maximum absolute atomic E-state index is 11.2. The van der Waals surface area contributed by atoms with E-state index < -0.39 is 0 Å². The molecule has 0 aliphatic carbocycles. The summed E-state index contributed by atoms with van der Waals surface area (Å²) in [4.78, 5) is 13.0. The first-order valence-electron chi connectivity index (χ1n) is 6.67. The van der Waals surface area contributed by atoms with Gasteiger partial charge in [-0.15, -0.1) is 0 Å². The van der Waals surface area contributed by atoms with Crippen molar-refractivity contribution in [1.82, 2.24) is 15.5 Å². The Labute approximate surface area is 103 Å². The van der Waals surface area contributed by atoms with Crippen molar-refractivity contribution in [1.29, 1.82) is 0 Å². The van der Waals surface area contributed by atoms with Gasteiger partial charge in [-0.3, -0.25) is 0 Å². The molecular formula is C12H23N3O2. The van der Waals surface area contributed by atoms with Crippen LogP contribution in [0.2, 0.25) is 0 Å². The molecule has 17 heavy (non-hydrogen) atoms. The lowest BCUT2D eigenvalue weighted by molar-refractivity contribution is 0.101. The van der Waals surface area contributed by atoms with Crippen molar-refractivity contribution in [2.45, 2.75) is 19.3 Å². The summed E-state index contributed by atoms with van der Waals surface area (Å²) < 4.78 is 5.60. The average Bonchev–Trinajstić information content (AvgIpc) is 2.76. The molecule has 0 spiro atoms. The Bertz CT molecular complexity index is 242. The Balaban J connectivity index is 1.47. The van der Waals surface area contributed by atoms with Gasteiger partial charge in [0, 0.05) is 26.2 Å². The monoisotopic (exact) mass is 241 g/mol. The van der Waals surface area contributed by atoms with E-state index in [0.29, 0.717) is 6.61 Å². The van der Waals surface area contributed by atoms with Gasteiger partial charge in [-0.05, 0) is 38.3 Å². The van der Waals surface area contributed by atoms with E-state index in [1.165, 1.54) is 19.4 Å². The topological polar surface area (TPSA) is 53.6 Å².